The van der Waals surface area contributed by atoms with E-state index in [1.54, 1.807) is 16.7 Å². The summed E-state index contributed by atoms with van der Waals surface area (Å²) in [5.74, 6) is 0.592. The van der Waals surface area contributed by atoms with Crippen LogP contribution in [0.15, 0.2) is 48.7 Å². The van der Waals surface area contributed by atoms with Gasteiger partial charge in [-0.25, -0.2) is 9.78 Å². The van der Waals surface area contributed by atoms with Gasteiger partial charge in [-0.1, -0.05) is 51.1 Å². The van der Waals surface area contributed by atoms with Crippen LogP contribution in [0.1, 0.15) is 57.1 Å². The number of carbonyl (C=O) groups is 2. The van der Waals surface area contributed by atoms with Gasteiger partial charge in [0.2, 0.25) is 5.91 Å². The second-order valence-electron chi connectivity index (χ2n) is 9.49. The summed E-state index contributed by atoms with van der Waals surface area (Å²) in [5, 5.41) is 0. The highest BCUT2D eigenvalue weighted by Crippen LogP contribution is 2.34. The third-order valence-electron chi connectivity index (χ3n) is 7.20. The number of piperidine rings is 1. The van der Waals surface area contributed by atoms with Crippen LogP contribution < -0.4 is 9.74 Å². The highest BCUT2D eigenvalue weighted by Gasteiger charge is 2.26. The maximum atomic E-state index is 12.8. The summed E-state index contributed by atoms with van der Waals surface area (Å²) < 4.78 is 1.56. The van der Waals surface area contributed by atoms with Crippen molar-refractivity contribution in [1.82, 2.24) is 14.6 Å². The molecule has 7 nitrogen and oxygen atoms in total. The van der Waals surface area contributed by atoms with E-state index in [1.165, 1.54) is 0 Å². The lowest BCUT2D eigenvalue weighted by Gasteiger charge is -2.30. The third-order valence-corrected chi connectivity index (χ3v) is 7.20. The Morgan fingerprint density at radius 2 is 1.83 bits per heavy atom. The smallest absolute Gasteiger partial charge is 0.336 e. The van der Waals surface area contributed by atoms with Gasteiger partial charge in [-0.2, -0.15) is 4.73 Å². The monoisotopic (exact) mass is 476 g/mol. The number of nitrogens with zero attached hydrogens (tertiary/aromatic N) is 4. The van der Waals surface area contributed by atoms with Gasteiger partial charge in [0, 0.05) is 18.5 Å². The van der Waals surface area contributed by atoms with Crippen LogP contribution in [-0.4, -0.2) is 53.2 Å². The second kappa shape index (κ2) is 11.0. The molecule has 1 saturated heterocycles. The fourth-order valence-electron chi connectivity index (χ4n) is 4.73. The zero-order chi connectivity index (χ0) is 24.9. The molecule has 7 heteroatoms. The van der Waals surface area contributed by atoms with Gasteiger partial charge in [-0.3, -0.25) is 9.69 Å². The molecule has 0 spiro atoms. The summed E-state index contributed by atoms with van der Waals surface area (Å²) in [6.45, 7) is 9.26. The molecule has 1 aliphatic rings. The summed E-state index contributed by atoms with van der Waals surface area (Å²) in [7, 11) is 1.78. The molecular formula is C28H36N4O3. The minimum Gasteiger partial charge on any atom is -0.336 e. The fourth-order valence-corrected chi connectivity index (χ4v) is 4.73. The highest BCUT2D eigenvalue weighted by atomic mass is 16.7. The molecule has 3 heterocycles. The van der Waals surface area contributed by atoms with Crippen molar-refractivity contribution < 1.29 is 14.4 Å². The van der Waals surface area contributed by atoms with Gasteiger partial charge in [0.05, 0.1) is 18.1 Å². The number of hydrogen-bond donors (Lipinski definition) is 0. The number of pyridine rings is 1. The van der Waals surface area contributed by atoms with Crippen molar-refractivity contribution in [2.24, 2.45) is 5.92 Å². The number of fused-ring (bicyclic) bond motifs is 1. The first kappa shape index (κ1) is 24.9. The van der Waals surface area contributed by atoms with E-state index in [-0.39, 0.29) is 24.2 Å². The molecule has 1 aromatic carbocycles. The first-order chi connectivity index (χ1) is 16.9. The molecule has 1 amide bonds. The number of aromatic nitrogens is 2. The van der Waals surface area contributed by atoms with Crippen LogP contribution in [0.2, 0.25) is 0 Å². The highest BCUT2D eigenvalue weighted by molar-refractivity contribution is 5.95. The number of benzene rings is 1. The Kier molecular flexibility index (Phi) is 7.86. The van der Waals surface area contributed by atoms with Crippen LogP contribution in [0.4, 0.5) is 5.82 Å². The maximum Gasteiger partial charge on any atom is 0.337 e. The SMILES string of the molecule is CCC(C)C(=O)N(C)c1ccc2c(n1)c(C1CCN(CC)CC1)cn2OC(=O)Cc1ccccc1. The van der Waals surface area contributed by atoms with Gasteiger partial charge >= 0.3 is 5.97 Å². The van der Waals surface area contributed by atoms with Crippen molar-refractivity contribution >= 4 is 28.7 Å². The second-order valence-corrected chi connectivity index (χ2v) is 9.49. The van der Waals surface area contributed by atoms with E-state index in [0.717, 1.165) is 61.1 Å². The maximum absolute atomic E-state index is 12.8. The predicted molar refractivity (Wildman–Crippen MR) is 138 cm³/mol. The number of carbonyl (C=O) groups excluding carboxylic acids is 2. The summed E-state index contributed by atoms with van der Waals surface area (Å²) in [5.41, 5.74) is 3.53. The van der Waals surface area contributed by atoms with Crippen molar-refractivity contribution in [2.45, 2.75) is 52.4 Å². The van der Waals surface area contributed by atoms with Crippen molar-refractivity contribution in [3.63, 3.8) is 0 Å². The van der Waals surface area contributed by atoms with E-state index < -0.39 is 0 Å². The average Bonchev–Trinajstić information content (AvgIpc) is 3.25. The van der Waals surface area contributed by atoms with Crippen LogP contribution in [0.3, 0.4) is 0 Å². The Balaban J connectivity index is 1.66. The summed E-state index contributed by atoms with van der Waals surface area (Å²) >= 11 is 0. The quantitative estimate of drug-likeness (QED) is 0.481. The lowest BCUT2D eigenvalue weighted by molar-refractivity contribution is -0.142. The van der Waals surface area contributed by atoms with Crippen molar-refractivity contribution in [1.29, 1.82) is 0 Å². The van der Waals surface area contributed by atoms with Crippen LogP contribution in [-0.2, 0) is 16.0 Å². The largest absolute Gasteiger partial charge is 0.337 e. The van der Waals surface area contributed by atoms with Gasteiger partial charge in [-0.15, -0.1) is 0 Å². The molecule has 186 valence electrons. The zero-order valence-corrected chi connectivity index (χ0v) is 21.2. The number of hydrogen-bond acceptors (Lipinski definition) is 5. The summed E-state index contributed by atoms with van der Waals surface area (Å²) in [6.07, 6.45) is 4.95. The number of likely N-dealkylation sites (tertiary alicyclic amines) is 1. The molecule has 0 N–H and O–H groups in total. The molecule has 1 atom stereocenters. The molecule has 1 aliphatic heterocycles. The Bertz CT molecular complexity index is 1170. The van der Waals surface area contributed by atoms with Crippen LogP contribution in [0.5, 0.6) is 0 Å². The Morgan fingerprint density at radius 1 is 1.11 bits per heavy atom. The molecule has 0 bridgehead atoms. The van der Waals surface area contributed by atoms with Crippen molar-refractivity contribution in [3.05, 3.63) is 59.8 Å². The van der Waals surface area contributed by atoms with Crippen molar-refractivity contribution in [3.8, 4) is 0 Å². The normalized spacial score (nSPS) is 15.8. The van der Waals surface area contributed by atoms with E-state index in [4.69, 9.17) is 9.82 Å². The van der Waals surface area contributed by atoms with E-state index in [2.05, 4.69) is 11.8 Å². The minimum atomic E-state index is -0.325. The summed E-state index contributed by atoms with van der Waals surface area (Å²) in [4.78, 5) is 40.3. The Morgan fingerprint density at radius 3 is 2.49 bits per heavy atom. The zero-order valence-electron chi connectivity index (χ0n) is 21.2. The lowest BCUT2D eigenvalue weighted by atomic mass is 9.90. The fraction of sp³-hybridized carbons (Fsp3) is 0.464. The Labute approximate surface area is 207 Å². The number of rotatable bonds is 8. The molecule has 35 heavy (non-hydrogen) atoms. The summed E-state index contributed by atoms with van der Waals surface area (Å²) in [6, 6.07) is 13.3. The van der Waals surface area contributed by atoms with E-state index in [9.17, 15) is 9.59 Å². The molecule has 0 aliphatic carbocycles. The minimum absolute atomic E-state index is 0.0471. The van der Waals surface area contributed by atoms with Crippen LogP contribution in [0, 0.1) is 5.92 Å². The standard InChI is InChI=1S/C28H36N4O3/c1-5-20(3)28(34)30(4)25-13-12-24-27(29-25)23(22-14-16-31(6-2)17-15-22)19-32(24)35-26(33)18-21-10-8-7-9-11-21/h7-13,19-20,22H,5-6,14-18H2,1-4H3. The number of anilines is 1. The first-order valence-electron chi connectivity index (χ1n) is 12.7. The van der Waals surface area contributed by atoms with Gasteiger partial charge < -0.3 is 9.74 Å². The van der Waals surface area contributed by atoms with E-state index >= 15 is 0 Å². The van der Waals surface area contributed by atoms with Crippen LogP contribution >= 0.6 is 0 Å². The predicted octanol–water partition coefficient (Wildman–Crippen LogP) is 4.44. The third kappa shape index (κ3) is 5.56. The van der Waals surface area contributed by atoms with Crippen LogP contribution in [0.25, 0.3) is 11.0 Å². The first-order valence-corrected chi connectivity index (χ1v) is 12.7. The van der Waals surface area contributed by atoms with Gasteiger partial charge in [0.1, 0.15) is 11.3 Å². The Hall–Kier alpha value is -3.19. The average molecular weight is 477 g/mol. The molecule has 4 rings (SSSR count). The lowest BCUT2D eigenvalue weighted by Crippen LogP contribution is -2.32. The van der Waals surface area contributed by atoms with E-state index in [1.807, 2.05) is 62.5 Å². The number of amides is 1. The van der Waals surface area contributed by atoms with Crippen molar-refractivity contribution in [2.75, 3.05) is 31.6 Å². The molecule has 3 aromatic rings. The molecule has 2 aromatic heterocycles. The van der Waals surface area contributed by atoms with Gasteiger partial charge in [0.15, 0.2) is 0 Å². The molecule has 0 saturated carbocycles. The topological polar surface area (TPSA) is 67.7 Å². The molecule has 0 radical (unpaired) electrons. The molecular weight excluding hydrogens is 440 g/mol. The van der Waals surface area contributed by atoms with E-state index in [0.29, 0.717) is 11.7 Å². The van der Waals surface area contributed by atoms with Gasteiger partial charge in [-0.05, 0) is 62.5 Å². The molecule has 1 fully saturated rings. The molecule has 1 unspecified atom stereocenters. The van der Waals surface area contributed by atoms with Gasteiger partial charge in [0.25, 0.3) is 0 Å².